The maximum Gasteiger partial charge on any atom is 0.241 e. The molecule has 0 aliphatic carbocycles. The van der Waals surface area contributed by atoms with Gasteiger partial charge in [-0.1, -0.05) is 73.5 Å². The second-order valence-electron chi connectivity index (χ2n) is 10.1. The standard InChI is InChI=1S/C30H32N2O3/c1-20-6-9-23(10-7-20)19-35-26-13-11-22(17-27(26)34-5)14-15-30-29(3,4)24-16-21(2)8-12-25(24)32(30)18-28(33)31-30/h6-17H,18-19H2,1-5H3,(H,31,33)/t30-/m0/s1. The van der Waals surface area contributed by atoms with Crippen LogP contribution in [0.2, 0.25) is 0 Å². The van der Waals surface area contributed by atoms with Crippen LogP contribution in [0.1, 0.15) is 41.7 Å². The molecule has 5 rings (SSSR count). The zero-order valence-electron chi connectivity index (χ0n) is 21.0. The molecule has 2 aliphatic rings. The molecule has 3 aromatic rings. The smallest absolute Gasteiger partial charge is 0.241 e. The second-order valence-corrected chi connectivity index (χ2v) is 10.1. The van der Waals surface area contributed by atoms with Gasteiger partial charge in [-0.25, -0.2) is 0 Å². The number of nitrogens with one attached hydrogen (secondary N) is 1. The van der Waals surface area contributed by atoms with Crippen LogP contribution < -0.4 is 19.7 Å². The second kappa shape index (κ2) is 8.49. The van der Waals surface area contributed by atoms with E-state index in [1.54, 1.807) is 7.11 Å². The highest BCUT2D eigenvalue weighted by atomic mass is 16.5. The first kappa shape index (κ1) is 23.0. The van der Waals surface area contributed by atoms with E-state index in [1.807, 2.05) is 18.2 Å². The van der Waals surface area contributed by atoms with Gasteiger partial charge in [-0.3, -0.25) is 4.79 Å². The number of methoxy groups -OCH3 is 1. The molecule has 0 unspecified atom stereocenters. The van der Waals surface area contributed by atoms with Crippen LogP contribution in [0.3, 0.4) is 0 Å². The predicted octanol–water partition coefficient (Wildman–Crippen LogP) is 5.53. The molecule has 0 spiro atoms. The van der Waals surface area contributed by atoms with Gasteiger partial charge in [-0.05, 0) is 54.8 Å². The van der Waals surface area contributed by atoms with Gasteiger partial charge in [-0.15, -0.1) is 0 Å². The van der Waals surface area contributed by atoms with Crippen molar-refractivity contribution in [2.75, 3.05) is 18.6 Å². The molecule has 0 aromatic heterocycles. The molecular weight excluding hydrogens is 436 g/mol. The largest absolute Gasteiger partial charge is 0.493 e. The minimum absolute atomic E-state index is 0.0337. The molecule has 180 valence electrons. The van der Waals surface area contributed by atoms with Crippen LogP contribution in [0.5, 0.6) is 11.5 Å². The van der Waals surface area contributed by atoms with E-state index in [-0.39, 0.29) is 11.3 Å². The Morgan fingerprint density at radius 3 is 2.46 bits per heavy atom. The fraction of sp³-hybridized carbons (Fsp3) is 0.300. The Morgan fingerprint density at radius 1 is 0.971 bits per heavy atom. The third-order valence-corrected chi connectivity index (χ3v) is 7.35. The minimum atomic E-state index is -0.631. The van der Waals surface area contributed by atoms with Crippen molar-refractivity contribution >= 4 is 17.7 Å². The summed E-state index contributed by atoms with van der Waals surface area (Å²) in [7, 11) is 1.65. The Bertz CT molecular complexity index is 1310. The summed E-state index contributed by atoms with van der Waals surface area (Å²) >= 11 is 0. The van der Waals surface area contributed by atoms with Crippen molar-refractivity contribution in [3.63, 3.8) is 0 Å². The number of aryl methyl sites for hydroxylation is 2. The Hall–Kier alpha value is -3.73. The van der Waals surface area contributed by atoms with Gasteiger partial charge in [0.15, 0.2) is 11.5 Å². The first-order chi connectivity index (χ1) is 16.7. The molecule has 1 N–H and O–H groups in total. The Morgan fingerprint density at radius 2 is 1.71 bits per heavy atom. The summed E-state index contributed by atoms with van der Waals surface area (Å²) in [4.78, 5) is 14.8. The lowest BCUT2D eigenvalue weighted by atomic mass is 9.75. The molecule has 2 aliphatic heterocycles. The third kappa shape index (κ3) is 3.85. The number of rotatable bonds is 6. The van der Waals surface area contributed by atoms with Crippen molar-refractivity contribution in [2.24, 2.45) is 0 Å². The number of ether oxygens (including phenoxy) is 2. The van der Waals surface area contributed by atoms with E-state index in [1.165, 1.54) is 16.7 Å². The topological polar surface area (TPSA) is 50.8 Å². The molecule has 5 heteroatoms. The molecule has 1 amide bonds. The zero-order valence-corrected chi connectivity index (χ0v) is 21.0. The van der Waals surface area contributed by atoms with Crippen LogP contribution in [0, 0.1) is 13.8 Å². The van der Waals surface area contributed by atoms with Gasteiger partial charge in [-0.2, -0.15) is 0 Å². The van der Waals surface area contributed by atoms with E-state index in [4.69, 9.17) is 9.47 Å². The third-order valence-electron chi connectivity index (χ3n) is 7.35. The number of fused-ring (bicyclic) bond motifs is 3. The zero-order chi connectivity index (χ0) is 24.8. The van der Waals surface area contributed by atoms with Crippen LogP contribution >= 0.6 is 0 Å². The number of nitrogens with zero attached hydrogens (tertiary/aromatic N) is 1. The SMILES string of the molecule is COc1cc(C=C[C@]23NC(=O)CN2c2ccc(C)cc2C3(C)C)ccc1OCc1ccc(C)cc1. The minimum Gasteiger partial charge on any atom is -0.493 e. The van der Waals surface area contributed by atoms with Crippen molar-refractivity contribution in [1.82, 2.24) is 5.32 Å². The lowest BCUT2D eigenvalue weighted by Gasteiger charge is -2.40. The predicted molar refractivity (Wildman–Crippen MR) is 140 cm³/mol. The van der Waals surface area contributed by atoms with Crippen LogP contribution in [-0.2, 0) is 16.8 Å². The molecule has 0 saturated carbocycles. The summed E-state index contributed by atoms with van der Waals surface area (Å²) in [5, 5.41) is 3.28. The molecule has 3 aromatic carbocycles. The summed E-state index contributed by atoms with van der Waals surface area (Å²) in [6, 6.07) is 20.7. The number of amides is 1. The molecule has 1 saturated heterocycles. The van der Waals surface area contributed by atoms with E-state index in [9.17, 15) is 4.79 Å². The van der Waals surface area contributed by atoms with E-state index >= 15 is 0 Å². The Balaban J connectivity index is 1.42. The van der Waals surface area contributed by atoms with Crippen molar-refractivity contribution in [3.05, 3.63) is 94.6 Å². The van der Waals surface area contributed by atoms with E-state index in [2.05, 4.69) is 92.5 Å². The quantitative estimate of drug-likeness (QED) is 0.517. The van der Waals surface area contributed by atoms with Crippen molar-refractivity contribution < 1.29 is 14.3 Å². The first-order valence-electron chi connectivity index (χ1n) is 12.0. The van der Waals surface area contributed by atoms with Gasteiger partial charge in [0.05, 0.1) is 13.7 Å². The lowest BCUT2D eigenvalue weighted by molar-refractivity contribution is -0.118. The number of carbonyl (C=O) groups excluding carboxylic acids is 1. The highest BCUT2D eigenvalue weighted by Crippen LogP contribution is 2.53. The van der Waals surface area contributed by atoms with E-state index in [0.29, 0.717) is 24.7 Å². The summed E-state index contributed by atoms with van der Waals surface area (Å²) in [6.45, 7) is 9.39. The molecule has 5 nitrogen and oxygen atoms in total. The molecule has 1 fully saturated rings. The number of anilines is 1. The number of hydrogen-bond donors (Lipinski definition) is 1. The fourth-order valence-corrected chi connectivity index (χ4v) is 5.26. The Kier molecular flexibility index (Phi) is 5.59. The average molecular weight is 469 g/mol. The highest BCUT2D eigenvalue weighted by Gasteiger charge is 2.59. The van der Waals surface area contributed by atoms with Gasteiger partial charge in [0.25, 0.3) is 0 Å². The maximum absolute atomic E-state index is 12.6. The van der Waals surface area contributed by atoms with Crippen molar-refractivity contribution in [1.29, 1.82) is 0 Å². The molecule has 0 radical (unpaired) electrons. The summed E-state index contributed by atoms with van der Waals surface area (Å²) < 4.78 is 11.7. The average Bonchev–Trinajstić information content (AvgIpc) is 3.27. The fourth-order valence-electron chi connectivity index (χ4n) is 5.26. The van der Waals surface area contributed by atoms with Gasteiger partial charge in [0.1, 0.15) is 12.3 Å². The number of hydrogen-bond acceptors (Lipinski definition) is 4. The van der Waals surface area contributed by atoms with E-state index in [0.717, 1.165) is 16.8 Å². The molecule has 0 bridgehead atoms. The molecule has 1 atom stereocenters. The van der Waals surface area contributed by atoms with Crippen LogP contribution in [0.4, 0.5) is 5.69 Å². The molecule has 35 heavy (non-hydrogen) atoms. The van der Waals surface area contributed by atoms with Gasteiger partial charge in [0.2, 0.25) is 5.91 Å². The van der Waals surface area contributed by atoms with Crippen LogP contribution in [-0.4, -0.2) is 25.2 Å². The molecular formula is C30H32N2O3. The van der Waals surface area contributed by atoms with Crippen molar-refractivity contribution in [2.45, 2.75) is 45.4 Å². The first-order valence-corrected chi connectivity index (χ1v) is 12.0. The maximum atomic E-state index is 12.6. The molecule has 2 heterocycles. The monoisotopic (exact) mass is 468 g/mol. The number of carbonyl (C=O) groups is 1. The van der Waals surface area contributed by atoms with E-state index < -0.39 is 5.66 Å². The number of benzene rings is 3. The highest BCUT2D eigenvalue weighted by molar-refractivity contribution is 5.91. The summed E-state index contributed by atoms with van der Waals surface area (Å²) in [5.41, 5.74) is 5.95. The summed E-state index contributed by atoms with van der Waals surface area (Å²) in [6.07, 6.45) is 4.18. The van der Waals surface area contributed by atoms with Gasteiger partial charge >= 0.3 is 0 Å². The summed E-state index contributed by atoms with van der Waals surface area (Å²) in [5.74, 6) is 1.41. The van der Waals surface area contributed by atoms with Crippen LogP contribution in [0.25, 0.3) is 6.08 Å². The van der Waals surface area contributed by atoms with Gasteiger partial charge in [0, 0.05) is 11.1 Å². The van der Waals surface area contributed by atoms with Crippen LogP contribution in [0.15, 0.2) is 66.7 Å². The van der Waals surface area contributed by atoms with Crippen molar-refractivity contribution in [3.8, 4) is 11.5 Å². The van der Waals surface area contributed by atoms with Gasteiger partial charge < -0.3 is 19.7 Å². The lowest BCUT2D eigenvalue weighted by Crippen LogP contribution is -2.58. The Labute approximate surface area is 207 Å². The normalized spacial score (nSPS) is 20.0.